The van der Waals surface area contributed by atoms with E-state index in [0.717, 1.165) is 0 Å². The molecule has 0 amide bonds. The Morgan fingerprint density at radius 2 is 1.56 bits per heavy atom. The molecule has 16 heavy (non-hydrogen) atoms. The van der Waals surface area contributed by atoms with E-state index in [1.54, 1.807) is 0 Å². The summed E-state index contributed by atoms with van der Waals surface area (Å²) in [5.41, 5.74) is 0. The van der Waals surface area contributed by atoms with E-state index in [4.69, 9.17) is 23.7 Å². The largest absolute Gasteiger partial charge is 0.348 e. The molecule has 3 fully saturated rings. The van der Waals surface area contributed by atoms with Gasteiger partial charge >= 0.3 is 0 Å². The lowest BCUT2D eigenvalue weighted by Crippen LogP contribution is -2.50. The fourth-order valence-corrected chi connectivity index (χ4v) is 2.47. The third kappa shape index (κ3) is 1.67. The van der Waals surface area contributed by atoms with E-state index < -0.39 is 11.6 Å². The molecule has 3 saturated heterocycles. The third-order valence-electron chi connectivity index (χ3n) is 3.10. The molecule has 0 aliphatic carbocycles. The highest BCUT2D eigenvalue weighted by molar-refractivity contribution is 4.96. The van der Waals surface area contributed by atoms with Gasteiger partial charge in [-0.3, -0.25) is 0 Å². The van der Waals surface area contributed by atoms with E-state index >= 15 is 0 Å². The molecule has 3 aliphatic rings. The van der Waals surface area contributed by atoms with Gasteiger partial charge in [-0.15, -0.1) is 0 Å². The van der Waals surface area contributed by atoms with Crippen molar-refractivity contribution >= 4 is 0 Å². The maximum absolute atomic E-state index is 5.85. The highest BCUT2D eigenvalue weighted by Gasteiger charge is 2.58. The van der Waals surface area contributed by atoms with Gasteiger partial charge in [-0.1, -0.05) is 0 Å². The van der Waals surface area contributed by atoms with Gasteiger partial charge in [0, 0.05) is 0 Å². The zero-order chi connectivity index (χ0) is 11.6. The van der Waals surface area contributed by atoms with Gasteiger partial charge in [-0.05, 0) is 27.7 Å². The second kappa shape index (κ2) is 3.17. The standard InChI is InChI=1S/C11H18O5/c1-10(2)12-5-6-7(14-10)8-9(13-6)16-11(3,4)15-8/h6-9H,5H2,1-4H3/t6-,7-,8-,9-/m0/s1. The number of hydrogen-bond donors (Lipinski definition) is 0. The Hall–Kier alpha value is -0.200. The summed E-state index contributed by atoms with van der Waals surface area (Å²) >= 11 is 0. The average molecular weight is 230 g/mol. The average Bonchev–Trinajstić information content (AvgIpc) is 2.57. The molecule has 0 spiro atoms. The number of ether oxygens (including phenoxy) is 5. The van der Waals surface area contributed by atoms with E-state index in [1.807, 2.05) is 27.7 Å². The fraction of sp³-hybridized carbons (Fsp3) is 1.00. The summed E-state index contributed by atoms with van der Waals surface area (Å²) in [5, 5.41) is 0. The Labute approximate surface area is 94.9 Å². The van der Waals surface area contributed by atoms with Crippen LogP contribution in [-0.2, 0) is 23.7 Å². The van der Waals surface area contributed by atoms with Gasteiger partial charge in [-0.25, -0.2) is 0 Å². The minimum absolute atomic E-state index is 0.0841. The minimum atomic E-state index is -0.591. The van der Waals surface area contributed by atoms with Gasteiger partial charge in [0.15, 0.2) is 17.9 Å². The van der Waals surface area contributed by atoms with E-state index in [9.17, 15) is 0 Å². The molecular formula is C11H18O5. The van der Waals surface area contributed by atoms with Gasteiger partial charge in [0.05, 0.1) is 6.61 Å². The molecule has 3 rings (SSSR count). The zero-order valence-corrected chi connectivity index (χ0v) is 10.1. The summed E-state index contributed by atoms with van der Waals surface area (Å²) in [4.78, 5) is 0. The molecule has 92 valence electrons. The molecule has 0 N–H and O–H groups in total. The molecule has 0 radical (unpaired) electrons. The van der Waals surface area contributed by atoms with Crippen molar-refractivity contribution in [1.29, 1.82) is 0 Å². The van der Waals surface area contributed by atoms with E-state index in [-0.39, 0.29) is 24.6 Å². The van der Waals surface area contributed by atoms with Crippen molar-refractivity contribution in [2.75, 3.05) is 6.61 Å². The maximum atomic E-state index is 5.85. The molecule has 0 unspecified atom stereocenters. The Morgan fingerprint density at radius 3 is 2.31 bits per heavy atom. The lowest BCUT2D eigenvalue weighted by atomic mass is 10.1. The topological polar surface area (TPSA) is 46.2 Å². The van der Waals surface area contributed by atoms with Crippen LogP contribution in [0.5, 0.6) is 0 Å². The SMILES string of the molecule is CC1(C)O[C@@H]2O[C@H]3COC(C)(C)O[C@@H]3[C@@H]2O1. The second-order valence-corrected chi connectivity index (χ2v) is 5.44. The van der Waals surface area contributed by atoms with Crippen LogP contribution in [0.3, 0.4) is 0 Å². The van der Waals surface area contributed by atoms with Gasteiger partial charge in [-0.2, -0.15) is 0 Å². The molecule has 3 heterocycles. The van der Waals surface area contributed by atoms with E-state index in [0.29, 0.717) is 6.61 Å². The lowest BCUT2D eigenvalue weighted by molar-refractivity contribution is -0.319. The van der Waals surface area contributed by atoms with Crippen LogP contribution in [0.15, 0.2) is 0 Å². The maximum Gasteiger partial charge on any atom is 0.190 e. The van der Waals surface area contributed by atoms with E-state index in [2.05, 4.69) is 0 Å². The van der Waals surface area contributed by atoms with Gasteiger partial charge in [0.1, 0.15) is 18.3 Å². The summed E-state index contributed by atoms with van der Waals surface area (Å²) in [6.07, 6.45) is -0.666. The first kappa shape index (κ1) is 10.9. The van der Waals surface area contributed by atoms with Crippen molar-refractivity contribution in [3.63, 3.8) is 0 Å². The highest BCUT2D eigenvalue weighted by Crippen LogP contribution is 2.42. The Kier molecular flexibility index (Phi) is 2.17. The van der Waals surface area contributed by atoms with Crippen LogP contribution in [0.25, 0.3) is 0 Å². The highest BCUT2D eigenvalue weighted by atomic mass is 16.9. The van der Waals surface area contributed by atoms with Gasteiger partial charge in [0.2, 0.25) is 0 Å². The Bertz CT molecular complexity index is 301. The predicted molar refractivity (Wildman–Crippen MR) is 53.6 cm³/mol. The van der Waals surface area contributed by atoms with Crippen molar-refractivity contribution in [3.8, 4) is 0 Å². The van der Waals surface area contributed by atoms with Crippen LogP contribution in [0.4, 0.5) is 0 Å². The van der Waals surface area contributed by atoms with Crippen LogP contribution in [0.1, 0.15) is 27.7 Å². The molecule has 0 aromatic heterocycles. The van der Waals surface area contributed by atoms with Crippen LogP contribution in [0.2, 0.25) is 0 Å². The van der Waals surface area contributed by atoms with Crippen LogP contribution >= 0.6 is 0 Å². The van der Waals surface area contributed by atoms with Crippen LogP contribution in [0, 0.1) is 0 Å². The number of rotatable bonds is 0. The quantitative estimate of drug-likeness (QED) is 0.621. The normalized spacial score (nSPS) is 48.8. The number of hydrogen-bond acceptors (Lipinski definition) is 5. The first-order valence-corrected chi connectivity index (χ1v) is 5.69. The van der Waals surface area contributed by atoms with Crippen molar-refractivity contribution < 1.29 is 23.7 Å². The number of fused-ring (bicyclic) bond motifs is 3. The molecule has 0 aromatic carbocycles. The Balaban J connectivity index is 1.78. The molecule has 3 aliphatic heterocycles. The molecular weight excluding hydrogens is 212 g/mol. The van der Waals surface area contributed by atoms with Crippen molar-refractivity contribution in [2.24, 2.45) is 0 Å². The van der Waals surface area contributed by atoms with Crippen LogP contribution < -0.4 is 0 Å². The second-order valence-electron chi connectivity index (χ2n) is 5.44. The summed E-state index contributed by atoms with van der Waals surface area (Å²) < 4.78 is 28.6. The first-order valence-electron chi connectivity index (χ1n) is 5.69. The van der Waals surface area contributed by atoms with Crippen molar-refractivity contribution in [1.82, 2.24) is 0 Å². The van der Waals surface area contributed by atoms with Gasteiger partial charge < -0.3 is 23.7 Å². The molecule has 5 nitrogen and oxygen atoms in total. The zero-order valence-electron chi connectivity index (χ0n) is 10.1. The predicted octanol–water partition coefficient (Wildman–Crippen LogP) is 1.01. The summed E-state index contributed by atoms with van der Waals surface area (Å²) in [6, 6.07) is 0. The van der Waals surface area contributed by atoms with Gasteiger partial charge in [0.25, 0.3) is 0 Å². The summed E-state index contributed by atoms with van der Waals surface area (Å²) in [7, 11) is 0. The van der Waals surface area contributed by atoms with E-state index in [1.165, 1.54) is 0 Å². The summed E-state index contributed by atoms with van der Waals surface area (Å²) in [5.74, 6) is -1.17. The minimum Gasteiger partial charge on any atom is -0.348 e. The monoisotopic (exact) mass is 230 g/mol. The molecule has 0 bridgehead atoms. The molecule has 5 heteroatoms. The van der Waals surface area contributed by atoms with Crippen molar-refractivity contribution in [3.05, 3.63) is 0 Å². The Morgan fingerprint density at radius 1 is 0.875 bits per heavy atom. The molecule has 0 aromatic rings. The fourth-order valence-electron chi connectivity index (χ4n) is 2.47. The first-order chi connectivity index (χ1) is 7.36. The van der Waals surface area contributed by atoms with Crippen LogP contribution in [-0.4, -0.2) is 42.8 Å². The third-order valence-corrected chi connectivity index (χ3v) is 3.10. The van der Waals surface area contributed by atoms with Crippen molar-refractivity contribution in [2.45, 2.75) is 63.9 Å². The smallest absolute Gasteiger partial charge is 0.190 e. The summed E-state index contributed by atoms with van der Waals surface area (Å²) in [6.45, 7) is 8.09. The molecule has 4 atom stereocenters. The molecule has 0 saturated carbocycles. The lowest BCUT2D eigenvalue weighted by Gasteiger charge is -2.38.